The number of benzene rings is 2. The molecule has 3 heteroatoms. The van der Waals surface area contributed by atoms with Gasteiger partial charge in [0.2, 0.25) is 0 Å². The van der Waals surface area contributed by atoms with Crippen molar-refractivity contribution in [3.05, 3.63) is 59.8 Å². The molecule has 96 valence electrons. The van der Waals surface area contributed by atoms with E-state index in [0.29, 0.717) is 0 Å². The molecule has 0 amide bonds. The molecule has 19 heavy (non-hydrogen) atoms. The summed E-state index contributed by atoms with van der Waals surface area (Å²) in [5, 5.41) is 20.1. The summed E-state index contributed by atoms with van der Waals surface area (Å²) in [5.74, 6) is -0.153. The average molecular weight is 253 g/mol. The zero-order chi connectivity index (χ0) is 13.4. The van der Waals surface area contributed by atoms with Gasteiger partial charge in [0.1, 0.15) is 0 Å². The van der Waals surface area contributed by atoms with E-state index in [2.05, 4.69) is 22.9 Å². The van der Waals surface area contributed by atoms with Gasteiger partial charge in [-0.3, -0.25) is 0 Å². The van der Waals surface area contributed by atoms with Crippen LogP contribution in [0.3, 0.4) is 0 Å². The normalized spacial score (nSPS) is 11.0. The SMILES string of the molecule is Cn1cc(Cc2ccc(O)c(O)c2)c2ccccc21. The van der Waals surface area contributed by atoms with Gasteiger partial charge in [-0.2, -0.15) is 0 Å². The van der Waals surface area contributed by atoms with Crippen LogP contribution in [0.4, 0.5) is 0 Å². The Hall–Kier alpha value is -2.42. The van der Waals surface area contributed by atoms with Crippen molar-refractivity contribution in [1.82, 2.24) is 4.57 Å². The lowest BCUT2D eigenvalue weighted by Gasteiger charge is -2.03. The predicted molar refractivity (Wildman–Crippen MR) is 75.5 cm³/mol. The first-order chi connectivity index (χ1) is 9.15. The third-order valence-corrected chi connectivity index (χ3v) is 3.41. The monoisotopic (exact) mass is 253 g/mol. The second-order valence-corrected chi connectivity index (χ2v) is 4.78. The van der Waals surface area contributed by atoms with Gasteiger partial charge in [0.15, 0.2) is 11.5 Å². The number of hydrogen-bond acceptors (Lipinski definition) is 2. The van der Waals surface area contributed by atoms with Gasteiger partial charge in [-0.25, -0.2) is 0 Å². The van der Waals surface area contributed by atoms with Crippen molar-refractivity contribution in [2.24, 2.45) is 7.05 Å². The molecule has 0 unspecified atom stereocenters. The number of fused-ring (bicyclic) bond motifs is 1. The number of aromatic hydroxyl groups is 2. The molecule has 3 nitrogen and oxygen atoms in total. The fourth-order valence-electron chi connectivity index (χ4n) is 2.47. The molecule has 0 fully saturated rings. The van der Waals surface area contributed by atoms with E-state index in [1.54, 1.807) is 6.07 Å². The molecular weight excluding hydrogens is 238 g/mol. The second kappa shape index (κ2) is 4.35. The molecule has 0 atom stereocenters. The molecule has 3 aromatic rings. The molecule has 0 radical (unpaired) electrons. The van der Waals surface area contributed by atoms with Crippen LogP contribution in [0.2, 0.25) is 0 Å². The number of phenolic OH excluding ortho intramolecular Hbond substituents is 2. The van der Waals surface area contributed by atoms with E-state index < -0.39 is 0 Å². The van der Waals surface area contributed by atoms with E-state index in [-0.39, 0.29) is 11.5 Å². The highest BCUT2D eigenvalue weighted by Gasteiger charge is 2.08. The van der Waals surface area contributed by atoms with Gasteiger partial charge in [0.25, 0.3) is 0 Å². The van der Waals surface area contributed by atoms with E-state index in [9.17, 15) is 10.2 Å². The summed E-state index contributed by atoms with van der Waals surface area (Å²) in [4.78, 5) is 0. The Labute approximate surface area is 111 Å². The molecule has 1 aromatic heterocycles. The molecule has 0 aliphatic heterocycles. The first-order valence-electron chi connectivity index (χ1n) is 6.19. The number of para-hydroxylation sites is 1. The molecule has 1 heterocycles. The van der Waals surface area contributed by atoms with E-state index >= 15 is 0 Å². The van der Waals surface area contributed by atoms with Gasteiger partial charge < -0.3 is 14.8 Å². The molecule has 0 bridgehead atoms. The Kier molecular flexibility index (Phi) is 2.67. The molecule has 2 aromatic carbocycles. The van der Waals surface area contributed by atoms with E-state index in [1.807, 2.05) is 25.2 Å². The number of rotatable bonds is 2. The van der Waals surface area contributed by atoms with Crippen LogP contribution in [-0.4, -0.2) is 14.8 Å². The van der Waals surface area contributed by atoms with Crippen LogP contribution in [-0.2, 0) is 13.5 Å². The van der Waals surface area contributed by atoms with Gasteiger partial charge in [-0.05, 0) is 35.7 Å². The van der Waals surface area contributed by atoms with Crippen LogP contribution >= 0.6 is 0 Å². The highest BCUT2D eigenvalue weighted by atomic mass is 16.3. The van der Waals surface area contributed by atoms with Gasteiger partial charge in [-0.1, -0.05) is 24.3 Å². The molecular formula is C16H15NO2. The first kappa shape index (κ1) is 11.7. The molecule has 0 saturated heterocycles. The third-order valence-electron chi connectivity index (χ3n) is 3.41. The molecule has 2 N–H and O–H groups in total. The Morgan fingerprint density at radius 1 is 1.00 bits per heavy atom. The number of hydrogen-bond donors (Lipinski definition) is 2. The van der Waals surface area contributed by atoms with E-state index in [4.69, 9.17) is 0 Å². The highest BCUT2D eigenvalue weighted by Crippen LogP contribution is 2.28. The van der Waals surface area contributed by atoms with E-state index in [0.717, 1.165) is 12.0 Å². The maximum Gasteiger partial charge on any atom is 0.157 e. The predicted octanol–water partition coefficient (Wildman–Crippen LogP) is 3.18. The van der Waals surface area contributed by atoms with Gasteiger partial charge in [-0.15, -0.1) is 0 Å². The molecule has 0 aliphatic rings. The molecule has 0 spiro atoms. The third kappa shape index (κ3) is 2.03. The van der Waals surface area contributed by atoms with Crippen LogP contribution in [0.5, 0.6) is 11.5 Å². The van der Waals surface area contributed by atoms with Crippen molar-refractivity contribution in [2.45, 2.75) is 6.42 Å². The summed E-state index contributed by atoms with van der Waals surface area (Å²) >= 11 is 0. The summed E-state index contributed by atoms with van der Waals surface area (Å²) < 4.78 is 2.10. The van der Waals surface area contributed by atoms with E-state index in [1.165, 1.54) is 22.5 Å². The molecule has 0 aliphatic carbocycles. The Morgan fingerprint density at radius 2 is 1.79 bits per heavy atom. The van der Waals surface area contributed by atoms with Crippen LogP contribution in [0, 0.1) is 0 Å². The van der Waals surface area contributed by atoms with Crippen molar-refractivity contribution in [1.29, 1.82) is 0 Å². The van der Waals surface area contributed by atoms with Crippen molar-refractivity contribution in [3.63, 3.8) is 0 Å². The van der Waals surface area contributed by atoms with Crippen molar-refractivity contribution in [3.8, 4) is 11.5 Å². The van der Waals surface area contributed by atoms with Gasteiger partial charge in [0, 0.05) is 24.1 Å². The second-order valence-electron chi connectivity index (χ2n) is 4.78. The molecule has 3 rings (SSSR count). The van der Waals surface area contributed by atoms with Crippen LogP contribution in [0.25, 0.3) is 10.9 Å². The summed E-state index contributed by atoms with van der Waals surface area (Å²) in [5.41, 5.74) is 3.38. The summed E-state index contributed by atoms with van der Waals surface area (Å²) in [6.07, 6.45) is 2.84. The summed E-state index contributed by atoms with van der Waals surface area (Å²) in [7, 11) is 2.03. The lowest BCUT2D eigenvalue weighted by Crippen LogP contribution is -1.87. The fourth-order valence-corrected chi connectivity index (χ4v) is 2.47. The minimum Gasteiger partial charge on any atom is -0.504 e. The van der Waals surface area contributed by atoms with Gasteiger partial charge in [0.05, 0.1) is 0 Å². The number of phenols is 2. The number of aryl methyl sites for hydroxylation is 1. The minimum absolute atomic E-state index is 0.0715. The lowest BCUT2D eigenvalue weighted by atomic mass is 10.0. The van der Waals surface area contributed by atoms with Crippen molar-refractivity contribution >= 4 is 10.9 Å². The maximum atomic E-state index is 9.54. The topological polar surface area (TPSA) is 45.4 Å². The van der Waals surface area contributed by atoms with Crippen molar-refractivity contribution < 1.29 is 10.2 Å². The smallest absolute Gasteiger partial charge is 0.157 e. The Morgan fingerprint density at radius 3 is 2.58 bits per heavy atom. The quantitative estimate of drug-likeness (QED) is 0.689. The average Bonchev–Trinajstić information content (AvgIpc) is 2.72. The Bertz CT molecular complexity index is 744. The van der Waals surface area contributed by atoms with Gasteiger partial charge >= 0.3 is 0 Å². The highest BCUT2D eigenvalue weighted by molar-refractivity contribution is 5.84. The van der Waals surface area contributed by atoms with Crippen LogP contribution < -0.4 is 0 Å². The first-order valence-corrected chi connectivity index (χ1v) is 6.19. The standard InChI is InChI=1S/C16H15NO2/c1-17-10-12(13-4-2-3-5-14(13)17)8-11-6-7-15(18)16(19)9-11/h2-7,9-10,18-19H,8H2,1H3. The zero-order valence-corrected chi connectivity index (χ0v) is 10.7. The fraction of sp³-hybridized carbons (Fsp3) is 0.125. The summed E-state index contributed by atoms with van der Waals surface area (Å²) in [6.45, 7) is 0. The van der Waals surface area contributed by atoms with Crippen molar-refractivity contribution in [2.75, 3.05) is 0 Å². The van der Waals surface area contributed by atoms with Crippen LogP contribution in [0.1, 0.15) is 11.1 Å². The van der Waals surface area contributed by atoms with Crippen LogP contribution in [0.15, 0.2) is 48.7 Å². The Balaban J connectivity index is 2.03. The number of nitrogens with zero attached hydrogens (tertiary/aromatic N) is 1. The lowest BCUT2D eigenvalue weighted by molar-refractivity contribution is 0.403. The largest absolute Gasteiger partial charge is 0.504 e. The zero-order valence-electron chi connectivity index (χ0n) is 10.7. The minimum atomic E-state index is -0.0818. The maximum absolute atomic E-state index is 9.54. The molecule has 0 saturated carbocycles. The number of aromatic nitrogens is 1. The summed E-state index contributed by atoms with van der Waals surface area (Å²) in [6, 6.07) is 13.2.